The highest BCUT2D eigenvalue weighted by molar-refractivity contribution is 6.00. The monoisotopic (exact) mass is 159 g/mol. The van der Waals surface area contributed by atoms with Crippen LogP contribution in [0.15, 0.2) is 0 Å². The molecule has 1 saturated heterocycles. The fourth-order valence-electron chi connectivity index (χ4n) is 0.669. The summed E-state index contributed by atoms with van der Waals surface area (Å²) < 4.78 is 4.25. The molecule has 0 aromatic heterocycles. The third-order valence-electron chi connectivity index (χ3n) is 1.13. The van der Waals surface area contributed by atoms with Crippen molar-refractivity contribution in [1.29, 1.82) is 0 Å². The molecule has 0 atom stereocenters. The molecule has 0 saturated carbocycles. The lowest BCUT2D eigenvalue weighted by atomic mass is 10.5. The van der Waals surface area contributed by atoms with Gasteiger partial charge in [-0.05, 0) is 0 Å². The Hall–Kier alpha value is -1.59. The van der Waals surface area contributed by atoms with Gasteiger partial charge in [-0.15, -0.1) is 0 Å². The van der Waals surface area contributed by atoms with Crippen LogP contribution in [-0.2, 0) is 14.3 Å². The van der Waals surface area contributed by atoms with E-state index >= 15 is 0 Å². The highest BCUT2D eigenvalue weighted by Gasteiger charge is 2.32. The van der Waals surface area contributed by atoms with Gasteiger partial charge in [0.05, 0.1) is 0 Å². The first-order chi connectivity index (χ1) is 5.11. The van der Waals surface area contributed by atoms with Crippen LogP contribution in [0.2, 0.25) is 0 Å². The van der Waals surface area contributed by atoms with Gasteiger partial charge < -0.3 is 9.84 Å². The van der Waals surface area contributed by atoms with E-state index in [4.69, 9.17) is 5.11 Å². The van der Waals surface area contributed by atoms with E-state index in [0.717, 1.165) is 0 Å². The number of carboxylic acid groups (broad SMARTS) is 1. The van der Waals surface area contributed by atoms with Crippen LogP contribution in [0.1, 0.15) is 0 Å². The zero-order valence-electron chi connectivity index (χ0n) is 5.44. The van der Waals surface area contributed by atoms with E-state index in [2.05, 4.69) is 4.74 Å². The summed E-state index contributed by atoms with van der Waals surface area (Å²) in [7, 11) is 0. The van der Waals surface area contributed by atoms with Gasteiger partial charge in [-0.3, -0.25) is 9.59 Å². The first-order valence-electron chi connectivity index (χ1n) is 2.80. The summed E-state index contributed by atoms with van der Waals surface area (Å²) in [5.74, 6) is -1.85. The van der Waals surface area contributed by atoms with Crippen LogP contribution < -0.4 is 0 Å². The molecule has 1 rings (SSSR count). The summed E-state index contributed by atoms with van der Waals surface area (Å²) in [4.78, 5) is 31.8. The van der Waals surface area contributed by atoms with E-state index in [1.54, 1.807) is 0 Å². The van der Waals surface area contributed by atoms with Gasteiger partial charge in [0.25, 0.3) is 5.91 Å². The summed E-state index contributed by atoms with van der Waals surface area (Å²) in [6, 6.07) is 0. The third kappa shape index (κ3) is 1.46. The lowest BCUT2D eigenvalue weighted by Gasteiger charge is -2.04. The number of carbonyl (C=O) groups is 3. The summed E-state index contributed by atoms with van der Waals surface area (Å²) in [5, 5.41) is 8.21. The molecule has 0 aliphatic carbocycles. The van der Waals surface area contributed by atoms with Crippen molar-refractivity contribution >= 4 is 18.0 Å². The lowest BCUT2D eigenvalue weighted by molar-refractivity contribution is -0.141. The van der Waals surface area contributed by atoms with E-state index in [-0.39, 0.29) is 6.61 Å². The summed E-state index contributed by atoms with van der Waals surface area (Å²) >= 11 is 0. The Morgan fingerprint density at radius 2 is 2.27 bits per heavy atom. The van der Waals surface area contributed by atoms with E-state index < -0.39 is 24.5 Å². The Balaban J connectivity index is 2.62. The van der Waals surface area contributed by atoms with Crippen molar-refractivity contribution in [1.82, 2.24) is 4.90 Å². The first kappa shape index (κ1) is 7.52. The fourth-order valence-corrected chi connectivity index (χ4v) is 0.669. The third-order valence-corrected chi connectivity index (χ3v) is 1.13. The number of amides is 2. The maximum Gasteiger partial charge on any atom is 0.417 e. The van der Waals surface area contributed by atoms with Crippen molar-refractivity contribution < 1.29 is 24.2 Å². The van der Waals surface area contributed by atoms with Crippen LogP contribution in [0.25, 0.3) is 0 Å². The topological polar surface area (TPSA) is 83.9 Å². The van der Waals surface area contributed by atoms with E-state index in [0.29, 0.717) is 4.90 Å². The Morgan fingerprint density at radius 3 is 2.64 bits per heavy atom. The molecule has 11 heavy (non-hydrogen) atoms. The number of ether oxygens (including phenoxy) is 1. The van der Waals surface area contributed by atoms with Crippen molar-refractivity contribution in [2.45, 2.75) is 0 Å². The molecule has 0 unspecified atom stereocenters. The van der Waals surface area contributed by atoms with Gasteiger partial charge in [0, 0.05) is 0 Å². The molecule has 6 heteroatoms. The molecule has 1 heterocycles. The van der Waals surface area contributed by atoms with Gasteiger partial charge in [0.15, 0.2) is 6.61 Å². The quantitative estimate of drug-likeness (QED) is 0.561. The van der Waals surface area contributed by atoms with Crippen molar-refractivity contribution in [3.8, 4) is 0 Å². The van der Waals surface area contributed by atoms with Crippen LogP contribution in [-0.4, -0.2) is 41.1 Å². The van der Waals surface area contributed by atoms with E-state index in [1.807, 2.05) is 0 Å². The van der Waals surface area contributed by atoms with Gasteiger partial charge in [0.2, 0.25) is 0 Å². The minimum Gasteiger partial charge on any atom is -0.480 e. The highest BCUT2D eigenvalue weighted by atomic mass is 16.6. The second-order valence-corrected chi connectivity index (χ2v) is 1.93. The SMILES string of the molecule is O=C(O)CN1C(=O)COC1=O. The molecule has 1 aliphatic heterocycles. The lowest BCUT2D eigenvalue weighted by Crippen LogP contribution is -2.34. The second kappa shape index (κ2) is 2.57. The molecule has 0 spiro atoms. The summed E-state index contributed by atoms with van der Waals surface area (Å²) in [6.07, 6.45) is -0.891. The Morgan fingerprint density at radius 1 is 1.64 bits per heavy atom. The molecule has 60 valence electrons. The van der Waals surface area contributed by atoms with Crippen LogP contribution in [0, 0.1) is 0 Å². The predicted octanol–water partition coefficient (Wildman–Crippen LogP) is -0.950. The molecule has 1 N–H and O–H groups in total. The van der Waals surface area contributed by atoms with Crippen LogP contribution in [0.5, 0.6) is 0 Å². The van der Waals surface area contributed by atoms with Gasteiger partial charge >= 0.3 is 12.1 Å². The number of aliphatic carboxylic acids is 1. The largest absolute Gasteiger partial charge is 0.480 e. The molecule has 0 aromatic rings. The molecular weight excluding hydrogens is 154 g/mol. The first-order valence-corrected chi connectivity index (χ1v) is 2.80. The molecule has 0 bridgehead atoms. The summed E-state index contributed by atoms with van der Waals surface area (Å²) in [5.41, 5.74) is 0. The van der Waals surface area contributed by atoms with E-state index in [9.17, 15) is 14.4 Å². The molecule has 0 aromatic carbocycles. The molecule has 1 fully saturated rings. The molecule has 2 amide bonds. The Bertz CT molecular complexity index is 207. The number of hydrogen-bond donors (Lipinski definition) is 1. The average Bonchev–Trinajstić information content (AvgIpc) is 2.18. The van der Waals surface area contributed by atoms with Gasteiger partial charge in [-0.2, -0.15) is 0 Å². The average molecular weight is 159 g/mol. The zero-order valence-corrected chi connectivity index (χ0v) is 5.44. The molecule has 6 nitrogen and oxygen atoms in total. The number of carboxylic acids is 1. The number of rotatable bonds is 2. The fraction of sp³-hybridized carbons (Fsp3) is 0.400. The van der Waals surface area contributed by atoms with E-state index in [1.165, 1.54) is 0 Å². The van der Waals surface area contributed by atoms with Crippen molar-refractivity contribution in [3.63, 3.8) is 0 Å². The number of cyclic esters (lactones) is 1. The zero-order chi connectivity index (χ0) is 8.43. The second-order valence-electron chi connectivity index (χ2n) is 1.93. The number of imide groups is 1. The molecule has 0 radical (unpaired) electrons. The van der Waals surface area contributed by atoms with Crippen LogP contribution in [0.4, 0.5) is 4.79 Å². The van der Waals surface area contributed by atoms with Gasteiger partial charge in [-0.25, -0.2) is 9.69 Å². The van der Waals surface area contributed by atoms with Crippen molar-refractivity contribution in [3.05, 3.63) is 0 Å². The molecular formula is C5H5NO5. The van der Waals surface area contributed by atoms with Crippen LogP contribution >= 0.6 is 0 Å². The predicted molar refractivity (Wildman–Crippen MR) is 30.7 cm³/mol. The van der Waals surface area contributed by atoms with Crippen molar-refractivity contribution in [2.75, 3.05) is 13.2 Å². The minimum atomic E-state index is -1.24. The number of carbonyl (C=O) groups excluding carboxylic acids is 2. The van der Waals surface area contributed by atoms with Crippen molar-refractivity contribution in [2.24, 2.45) is 0 Å². The maximum absolute atomic E-state index is 10.6. The number of hydrogen-bond acceptors (Lipinski definition) is 4. The van der Waals surface area contributed by atoms with Crippen LogP contribution in [0.3, 0.4) is 0 Å². The highest BCUT2D eigenvalue weighted by Crippen LogP contribution is 2.03. The Kier molecular flexibility index (Phi) is 1.75. The molecule has 1 aliphatic rings. The standard InChI is InChI=1S/C5H5NO5/c7-3-2-11-5(10)6(3)1-4(8)9/h1-2H2,(H,8,9). The number of nitrogens with zero attached hydrogens (tertiary/aromatic N) is 1. The smallest absolute Gasteiger partial charge is 0.417 e. The Labute approximate surface area is 61.3 Å². The minimum absolute atomic E-state index is 0.355. The maximum atomic E-state index is 10.6. The normalized spacial score (nSPS) is 16.9. The van der Waals surface area contributed by atoms with Gasteiger partial charge in [-0.1, -0.05) is 0 Å². The summed E-state index contributed by atoms with van der Waals surface area (Å²) in [6.45, 7) is -0.982. The van der Waals surface area contributed by atoms with Gasteiger partial charge in [0.1, 0.15) is 6.54 Å².